The zero-order chi connectivity index (χ0) is 15.0. The predicted molar refractivity (Wildman–Crippen MR) is 81.1 cm³/mol. The fourth-order valence-corrected chi connectivity index (χ4v) is 7.10. The third kappa shape index (κ3) is 1.16. The molecule has 0 aromatic heterocycles. The third-order valence-corrected chi connectivity index (χ3v) is 7.29. The van der Waals surface area contributed by atoms with Gasteiger partial charge in [0.1, 0.15) is 0 Å². The molecule has 0 aromatic rings. The Balaban J connectivity index is 2.08. The van der Waals surface area contributed by atoms with Crippen LogP contribution in [0, 0.1) is 28.6 Å². The summed E-state index contributed by atoms with van der Waals surface area (Å²) in [6, 6.07) is 0. The van der Waals surface area contributed by atoms with Gasteiger partial charge in [0.15, 0.2) is 0 Å². The van der Waals surface area contributed by atoms with Crippen molar-refractivity contribution in [2.24, 2.45) is 28.6 Å². The van der Waals surface area contributed by atoms with Crippen molar-refractivity contribution in [2.45, 2.75) is 57.7 Å². The van der Waals surface area contributed by atoms with Gasteiger partial charge in [-0.1, -0.05) is 32.9 Å². The molecule has 2 N–H and O–H groups in total. The van der Waals surface area contributed by atoms with Gasteiger partial charge in [0.25, 0.3) is 0 Å². The van der Waals surface area contributed by atoms with Crippen molar-refractivity contribution in [3.8, 4) is 0 Å². The molecule has 3 aliphatic carbocycles. The molecule has 0 amide bonds. The minimum atomic E-state index is -0.706. The molecule has 0 radical (unpaired) electrons. The largest absolute Gasteiger partial charge is 0.389 e. The molecule has 112 valence electrons. The van der Waals surface area contributed by atoms with E-state index < -0.39 is 11.2 Å². The lowest BCUT2D eigenvalue weighted by molar-refractivity contribution is -0.0734. The zero-order valence-electron chi connectivity index (χ0n) is 13.0. The highest BCUT2D eigenvalue weighted by Crippen LogP contribution is 2.91. The number of fused-ring (bicyclic) bond motifs is 1. The number of aliphatic hydroxyl groups is 2. The topological polar surface area (TPSA) is 40.5 Å². The van der Waals surface area contributed by atoms with E-state index in [9.17, 15) is 10.2 Å². The van der Waals surface area contributed by atoms with Gasteiger partial charge >= 0.3 is 0 Å². The van der Waals surface area contributed by atoms with Crippen molar-refractivity contribution < 1.29 is 10.2 Å². The molecular weight excluding hydrogens is 248 g/mol. The fraction of sp³-hybridized carbons (Fsp3) is 0.778. The van der Waals surface area contributed by atoms with Crippen molar-refractivity contribution in [3.63, 3.8) is 0 Å². The number of hydrogen-bond donors (Lipinski definition) is 2. The maximum Gasteiger partial charge on any atom is 0.0747 e. The second kappa shape index (κ2) is 3.78. The second-order valence-corrected chi connectivity index (χ2v) is 7.90. The molecular formula is C18H28O2. The lowest BCUT2D eigenvalue weighted by Crippen LogP contribution is -2.44. The van der Waals surface area contributed by atoms with Crippen LogP contribution in [0.3, 0.4) is 0 Å². The number of hydrogen-bond acceptors (Lipinski definition) is 2. The summed E-state index contributed by atoms with van der Waals surface area (Å²) in [7, 11) is 0. The molecule has 0 heterocycles. The Morgan fingerprint density at radius 1 is 1.05 bits per heavy atom. The molecule has 7 atom stereocenters. The summed E-state index contributed by atoms with van der Waals surface area (Å²) in [5.74, 6) is 1.11. The Kier molecular flexibility index (Phi) is 2.71. The number of rotatable bonds is 4. The summed E-state index contributed by atoms with van der Waals surface area (Å²) >= 11 is 0. The monoisotopic (exact) mass is 276 g/mol. The summed E-state index contributed by atoms with van der Waals surface area (Å²) in [6.45, 7) is 14.4. The van der Waals surface area contributed by atoms with E-state index in [2.05, 4.69) is 33.9 Å². The van der Waals surface area contributed by atoms with Crippen molar-refractivity contribution >= 4 is 0 Å². The van der Waals surface area contributed by atoms with E-state index in [1.807, 2.05) is 12.2 Å². The Bertz CT molecular complexity index is 466. The van der Waals surface area contributed by atoms with Crippen molar-refractivity contribution in [1.29, 1.82) is 0 Å². The van der Waals surface area contributed by atoms with Crippen LogP contribution < -0.4 is 0 Å². The van der Waals surface area contributed by atoms with Gasteiger partial charge in [-0.15, -0.1) is 13.2 Å². The lowest BCUT2D eigenvalue weighted by atomic mass is 9.72. The van der Waals surface area contributed by atoms with Crippen LogP contribution in [0.4, 0.5) is 0 Å². The van der Waals surface area contributed by atoms with E-state index in [0.29, 0.717) is 24.7 Å². The Labute approximate surface area is 122 Å². The first-order valence-electron chi connectivity index (χ1n) is 7.91. The van der Waals surface area contributed by atoms with Crippen molar-refractivity contribution in [3.05, 3.63) is 25.3 Å². The van der Waals surface area contributed by atoms with Crippen LogP contribution in [0.15, 0.2) is 25.3 Å². The van der Waals surface area contributed by atoms with Gasteiger partial charge in [0.05, 0.1) is 11.2 Å². The van der Waals surface area contributed by atoms with Gasteiger partial charge in [0.2, 0.25) is 0 Å². The van der Waals surface area contributed by atoms with Gasteiger partial charge in [-0.2, -0.15) is 0 Å². The van der Waals surface area contributed by atoms with Crippen LogP contribution in [0.1, 0.15) is 46.5 Å². The molecule has 2 heteroatoms. The molecule has 20 heavy (non-hydrogen) atoms. The molecule has 3 saturated carbocycles. The van der Waals surface area contributed by atoms with E-state index in [4.69, 9.17) is 0 Å². The predicted octanol–water partition coefficient (Wildman–Crippen LogP) is 3.30. The minimum absolute atomic E-state index is 0.0997. The van der Waals surface area contributed by atoms with Crippen LogP contribution in [0.5, 0.6) is 0 Å². The van der Waals surface area contributed by atoms with E-state index >= 15 is 0 Å². The van der Waals surface area contributed by atoms with Crippen LogP contribution in [0.25, 0.3) is 0 Å². The van der Waals surface area contributed by atoms with Crippen molar-refractivity contribution in [1.82, 2.24) is 0 Å². The van der Waals surface area contributed by atoms with E-state index in [1.165, 1.54) is 0 Å². The van der Waals surface area contributed by atoms with Gasteiger partial charge in [-0.25, -0.2) is 0 Å². The quantitative estimate of drug-likeness (QED) is 0.773. The molecule has 0 bridgehead atoms. The molecule has 3 aliphatic rings. The molecule has 0 aromatic carbocycles. The highest BCUT2D eigenvalue weighted by molar-refractivity contribution is 5.41. The Hall–Kier alpha value is -0.600. The minimum Gasteiger partial charge on any atom is -0.389 e. The maximum atomic E-state index is 11.2. The summed E-state index contributed by atoms with van der Waals surface area (Å²) in [5, 5.41) is 22.4. The first kappa shape index (κ1) is 14.3. The average Bonchev–Trinajstić information content (AvgIpc) is 2.78. The van der Waals surface area contributed by atoms with E-state index in [1.54, 1.807) is 0 Å². The highest BCUT2D eigenvalue weighted by atomic mass is 16.3. The summed E-state index contributed by atoms with van der Waals surface area (Å²) in [4.78, 5) is 0. The average molecular weight is 276 g/mol. The molecule has 3 unspecified atom stereocenters. The summed E-state index contributed by atoms with van der Waals surface area (Å²) in [5.41, 5.74) is -1.46. The summed E-state index contributed by atoms with van der Waals surface area (Å²) in [6.07, 6.45) is 6.61. The van der Waals surface area contributed by atoms with Gasteiger partial charge in [-0.3, -0.25) is 0 Å². The lowest BCUT2D eigenvalue weighted by Gasteiger charge is -2.38. The Morgan fingerprint density at radius 2 is 1.60 bits per heavy atom. The Morgan fingerprint density at radius 3 is 2.15 bits per heavy atom. The second-order valence-electron chi connectivity index (χ2n) is 7.90. The van der Waals surface area contributed by atoms with Crippen LogP contribution >= 0.6 is 0 Å². The summed E-state index contributed by atoms with van der Waals surface area (Å²) < 4.78 is 0. The fourth-order valence-electron chi connectivity index (χ4n) is 7.10. The first-order valence-corrected chi connectivity index (χ1v) is 7.91. The van der Waals surface area contributed by atoms with Crippen LogP contribution in [0.2, 0.25) is 0 Å². The highest BCUT2D eigenvalue weighted by Gasteiger charge is 2.93. The zero-order valence-corrected chi connectivity index (χ0v) is 13.0. The van der Waals surface area contributed by atoms with Crippen LogP contribution in [-0.2, 0) is 0 Å². The molecule has 3 fully saturated rings. The first-order chi connectivity index (χ1) is 9.24. The maximum absolute atomic E-state index is 11.2. The van der Waals surface area contributed by atoms with E-state index in [-0.39, 0.29) is 16.7 Å². The smallest absolute Gasteiger partial charge is 0.0747 e. The standard InChI is InChI=1S/C18H28O2/c1-6-8-16(19)10-12(3)18-13(4)11-17(20,9-7-2)15(18,5)14(16)18/h6-7,12-14,19-20H,1-2,8-11H2,3-5H3/t12-,13-,14?,15?,16+,17+,18?/m0/s1. The molecule has 3 rings (SSSR count). The normalized spacial score (nSPS) is 60.0. The SMILES string of the molecule is C=CC[C@@]1(O)C[C@H](C)C23C1C2(C)[C@@](O)(CC=C)C[C@@H]3C. The molecule has 2 nitrogen and oxygen atoms in total. The molecule has 0 aliphatic heterocycles. The molecule has 1 spiro atoms. The van der Waals surface area contributed by atoms with Gasteiger partial charge in [-0.05, 0) is 42.9 Å². The van der Waals surface area contributed by atoms with E-state index in [0.717, 1.165) is 12.8 Å². The van der Waals surface area contributed by atoms with Crippen molar-refractivity contribution in [2.75, 3.05) is 0 Å². The van der Waals surface area contributed by atoms with Gasteiger partial charge in [0, 0.05) is 11.3 Å². The van der Waals surface area contributed by atoms with Gasteiger partial charge < -0.3 is 10.2 Å². The molecule has 0 saturated heterocycles. The van der Waals surface area contributed by atoms with Crippen LogP contribution in [-0.4, -0.2) is 21.4 Å². The third-order valence-electron chi connectivity index (χ3n) is 7.29.